The van der Waals surface area contributed by atoms with Crippen LogP contribution in [-0.4, -0.2) is 53.1 Å². The van der Waals surface area contributed by atoms with Gasteiger partial charge in [0.2, 0.25) is 5.91 Å². The monoisotopic (exact) mass is 375 g/mol. The summed E-state index contributed by atoms with van der Waals surface area (Å²) < 4.78 is 0. The van der Waals surface area contributed by atoms with Crippen molar-refractivity contribution < 1.29 is 14.7 Å². The molecule has 6 heteroatoms. The highest BCUT2D eigenvalue weighted by Gasteiger charge is 2.43. The van der Waals surface area contributed by atoms with Crippen molar-refractivity contribution in [2.45, 2.75) is 64.1 Å². The number of nitrogens with zero attached hydrogens (tertiary/aromatic N) is 1. The van der Waals surface area contributed by atoms with Crippen molar-refractivity contribution in [1.82, 2.24) is 15.5 Å². The van der Waals surface area contributed by atoms with Crippen LogP contribution in [0.3, 0.4) is 0 Å². The van der Waals surface area contributed by atoms with Crippen LogP contribution in [0.25, 0.3) is 0 Å². The number of rotatable bonds is 7. The number of β-amino-alcohol motifs (C(OH)–C–C–N with tert-alkyl or cyclic N) is 1. The molecule has 1 aliphatic heterocycles. The van der Waals surface area contributed by atoms with E-state index in [1.807, 2.05) is 12.1 Å². The zero-order chi connectivity index (χ0) is 20.2. The summed E-state index contributed by atoms with van der Waals surface area (Å²) in [6.07, 6.45) is 1.12. The Balaban J connectivity index is 2.04. The summed E-state index contributed by atoms with van der Waals surface area (Å²) >= 11 is 0. The number of hydrogen-bond acceptors (Lipinski definition) is 4. The number of carbonyl (C=O) groups excluding carboxylic acids is 2. The van der Waals surface area contributed by atoms with Gasteiger partial charge in [-0.1, -0.05) is 38.1 Å². The van der Waals surface area contributed by atoms with Gasteiger partial charge in [-0.15, -0.1) is 0 Å². The maximum atomic E-state index is 12.9. The van der Waals surface area contributed by atoms with Crippen LogP contribution < -0.4 is 10.6 Å². The molecule has 2 amide bonds. The van der Waals surface area contributed by atoms with Crippen molar-refractivity contribution in [2.75, 3.05) is 20.1 Å². The van der Waals surface area contributed by atoms with Crippen LogP contribution in [0.5, 0.6) is 0 Å². The van der Waals surface area contributed by atoms with Crippen LogP contribution in [0.15, 0.2) is 24.3 Å². The van der Waals surface area contributed by atoms with Gasteiger partial charge in [0.15, 0.2) is 5.60 Å². The van der Waals surface area contributed by atoms with Crippen LogP contribution in [-0.2, 0) is 16.1 Å². The molecule has 27 heavy (non-hydrogen) atoms. The third-order valence-corrected chi connectivity index (χ3v) is 5.34. The Hall–Kier alpha value is -1.92. The van der Waals surface area contributed by atoms with Gasteiger partial charge < -0.3 is 20.6 Å². The average molecular weight is 376 g/mol. The molecule has 0 aromatic heterocycles. The summed E-state index contributed by atoms with van der Waals surface area (Å²) in [5.74, 6) is 0.00820. The fourth-order valence-corrected chi connectivity index (χ4v) is 3.37. The Bertz CT molecular complexity index is 670. The van der Waals surface area contributed by atoms with E-state index < -0.39 is 11.1 Å². The number of aliphatic hydroxyl groups is 1. The molecule has 3 N–H and O–H groups in total. The summed E-state index contributed by atoms with van der Waals surface area (Å²) in [5.41, 5.74) is -0.0299. The number of amides is 2. The Morgan fingerprint density at radius 1 is 1.30 bits per heavy atom. The van der Waals surface area contributed by atoms with Crippen molar-refractivity contribution in [3.05, 3.63) is 35.4 Å². The molecule has 0 bridgehead atoms. The third-order valence-electron chi connectivity index (χ3n) is 5.34. The lowest BCUT2D eigenvalue weighted by Gasteiger charge is -2.40. The number of likely N-dealkylation sites (tertiary alicyclic amines) is 1. The highest BCUT2D eigenvalue weighted by Crippen LogP contribution is 2.25. The lowest BCUT2D eigenvalue weighted by atomic mass is 9.90. The number of likely N-dealkylation sites (N-methyl/N-ethyl adjacent to an activating group) is 1. The molecule has 0 spiro atoms. The molecule has 0 aliphatic carbocycles. The molecule has 1 heterocycles. The van der Waals surface area contributed by atoms with Gasteiger partial charge in [-0.05, 0) is 43.7 Å². The van der Waals surface area contributed by atoms with Gasteiger partial charge in [0.1, 0.15) is 0 Å². The molecular formula is C21H33N3O3. The minimum absolute atomic E-state index is 0.0506. The van der Waals surface area contributed by atoms with Gasteiger partial charge >= 0.3 is 0 Å². The first-order chi connectivity index (χ1) is 12.6. The van der Waals surface area contributed by atoms with Gasteiger partial charge in [-0.25, -0.2) is 0 Å². The van der Waals surface area contributed by atoms with Crippen LogP contribution in [0.2, 0.25) is 0 Å². The summed E-state index contributed by atoms with van der Waals surface area (Å²) in [4.78, 5) is 26.6. The van der Waals surface area contributed by atoms with E-state index in [9.17, 15) is 14.7 Å². The normalized spacial score (nSPS) is 20.9. The van der Waals surface area contributed by atoms with Crippen molar-refractivity contribution in [3.8, 4) is 0 Å². The van der Waals surface area contributed by atoms with Gasteiger partial charge in [0, 0.05) is 26.7 Å². The van der Waals surface area contributed by atoms with E-state index in [4.69, 9.17) is 0 Å². The second-order valence-corrected chi connectivity index (χ2v) is 8.32. The number of piperidine rings is 1. The summed E-state index contributed by atoms with van der Waals surface area (Å²) in [6.45, 7) is 8.93. The van der Waals surface area contributed by atoms with Crippen molar-refractivity contribution in [2.24, 2.45) is 0 Å². The SMILES string of the molecule is CNC(=O)C(C)(C)NC[C@]1(O)CCCN(Cc2ccc(C(C)C)cc2)C1=O. The van der Waals surface area contributed by atoms with Gasteiger partial charge in [0.25, 0.3) is 5.91 Å². The zero-order valence-corrected chi connectivity index (χ0v) is 17.1. The van der Waals surface area contributed by atoms with Crippen LogP contribution in [0.4, 0.5) is 0 Å². The fraction of sp³-hybridized carbons (Fsp3) is 0.619. The van der Waals surface area contributed by atoms with E-state index in [1.54, 1.807) is 25.8 Å². The standard InChI is InChI=1S/C21H33N3O3/c1-15(2)17-9-7-16(8-10-17)13-24-12-6-11-21(27,19(24)26)14-23-20(3,4)18(25)22-5/h7-10,15,23,27H,6,11-14H2,1-5H3,(H,22,25)/t21-/m1/s1. The Morgan fingerprint density at radius 3 is 2.48 bits per heavy atom. The Kier molecular flexibility index (Phi) is 6.65. The van der Waals surface area contributed by atoms with Crippen molar-refractivity contribution in [3.63, 3.8) is 0 Å². The van der Waals surface area contributed by atoms with Crippen molar-refractivity contribution in [1.29, 1.82) is 0 Å². The number of benzene rings is 1. The minimum Gasteiger partial charge on any atom is -0.379 e. The highest BCUT2D eigenvalue weighted by atomic mass is 16.3. The molecule has 1 aromatic rings. The first kappa shape index (κ1) is 21.4. The summed E-state index contributed by atoms with van der Waals surface area (Å²) in [5, 5.41) is 16.6. The van der Waals surface area contributed by atoms with Crippen molar-refractivity contribution >= 4 is 11.8 Å². The van der Waals surface area contributed by atoms with E-state index in [1.165, 1.54) is 5.56 Å². The second kappa shape index (κ2) is 8.40. The molecule has 0 unspecified atom stereocenters. The minimum atomic E-state index is -1.48. The maximum Gasteiger partial charge on any atom is 0.256 e. The van der Waals surface area contributed by atoms with E-state index in [2.05, 4.69) is 36.6 Å². The third kappa shape index (κ3) is 5.08. The smallest absolute Gasteiger partial charge is 0.256 e. The summed E-state index contributed by atoms with van der Waals surface area (Å²) in [7, 11) is 1.57. The first-order valence-corrected chi connectivity index (χ1v) is 9.67. The number of carbonyl (C=O) groups is 2. The molecule has 1 atom stereocenters. The van der Waals surface area contributed by atoms with Gasteiger partial charge in [-0.2, -0.15) is 0 Å². The summed E-state index contributed by atoms with van der Waals surface area (Å²) in [6, 6.07) is 8.27. The molecule has 1 fully saturated rings. The predicted octanol–water partition coefficient (Wildman–Crippen LogP) is 1.78. The van der Waals surface area contributed by atoms with E-state index in [-0.39, 0.29) is 18.4 Å². The largest absolute Gasteiger partial charge is 0.379 e. The fourth-order valence-electron chi connectivity index (χ4n) is 3.37. The topological polar surface area (TPSA) is 81.7 Å². The molecule has 0 radical (unpaired) electrons. The van der Waals surface area contributed by atoms with Gasteiger partial charge in [-0.3, -0.25) is 9.59 Å². The first-order valence-electron chi connectivity index (χ1n) is 9.67. The van der Waals surface area contributed by atoms with E-state index in [0.717, 1.165) is 12.0 Å². The Labute approximate surface area is 162 Å². The Morgan fingerprint density at radius 2 is 1.93 bits per heavy atom. The molecule has 6 nitrogen and oxygen atoms in total. The lowest BCUT2D eigenvalue weighted by molar-refractivity contribution is -0.158. The number of nitrogens with one attached hydrogen (secondary N) is 2. The predicted molar refractivity (Wildman–Crippen MR) is 106 cm³/mol. The van der Waals surface area contributed by atoms with Crippen LogP contribution in [0.1, 0.15) is 57.6 Å². The quantitative estimate of drug-likeness (QED) is 0.678. The molecular weight excluding hydrogens is 342 g/mol. The lowest BCUT2D eigenvalue weighted by Crippen LogP contribution is -2.62. The van der Waals surface area contributed by atoms with E-state index in [0.29, 0.717) is 25.4 Å². The zero-order valence-electron chi connectivity index (χ0n) is 17.1. The van der Waals surface area contributed by atoms with Crippen LogP contribution >= 0.6 is 0 Å². The average Bonchev–Trinajstić information content (AvgIpc) is 2.64. The molecule has 0 saturated carbocycles. The maximum absolute atomic E-state index is 12.9. The number of hydrogen-bond donors (Lipinski definition) is 3. The van der Waals surface area contributed by atoms with E-state index >= 15 is 0 Å². The molecule has 1 aliphatic rings. The van der Waals surface area contributed by atoms with Crippen LogP contribution in [0, 0.1) is 0 Å². The molecule has 2 rings (SSSR count). The second-order valence-electron chi connectivity index (χ2n) is 8.32. The molecule has 1 aromatic carbocycles. The van der Waals surface area contributed by atoms with Gasteiger partial charge in [0.05, 0.1) is 5.54 Å². The molecule has 1 saturated heterocycles. The highest BCUT2D eigenvalue weighted by molar-refractivity contribution is 5.87. The molecule has 150 valence electrons.